The number of nitrogens with zero attached hydrogens (tertiary/aromatic N) is 3. The molecule has 0 radical (unpaired) electrons. The Labute approximate surface area is 128 Å². The van der Waals surface area contributed by atoms with E-state index in [4.69, 9.17) is 9.47 Å². The molecule has 6 nitrogen and oxygen atoms in total. The van der Waals surface area contributed by atoms with E-state index in [1.807, 2.05) is 18.2 Å². The molecule has 0 spiro atoms. The van der Waals surface area contributed by atoms with Crippen molar-refractivity contribution < 1.29 is 14.6 Å². The first-order valence-electron chi connectivity index (χ1n) is 6.96. The highest BCUT2D eigenvalue weighted by atomic mass is 16.5. The van der Waals surface area contributed by atoms with Crippen molar-refractivity contribution in [3.63, 3.8) is 0 Å². The van der Waals surface area contributed by atoms with Crippen LogP contribution in [0, 0.1) is 0 Å². The molecular weight excluding hydrogens is 282 g/mol. The van der Waals surface area contributed by atoms with Crippen LogP contribution in [0.25, 0.3) is 16.9 Å². The van der Waals surface area contributed by atoms with Crippen LogP contribution in [0.4, 0.5) is 0 Å². The molecule has 0 saturated carbocycles. The van der Waals surface area contributed by atoms with Crippen molar-refractivity contribution in [2.45, 2.75) is 20.0 Å². The van der Waals surface area contributed by atoms with Crippen molar-refractivity contribution in [2.24, 2.45) is 0 Å². The van der Waals surface area contributed by atoms with Crippen LogP contribution in [0.3, 0.4) is 0 Å². The standard InChI is InChI=1S/C16H17N3O3/c1-10(2)22-16-15-18-9-13(19(15)7-6-17-16)12-8-11(21-3)4-5-14(12)20/h4-10,20H,1-3H3. The molecule has 2 aromatic heterocycles. The summed E-state index contributed by atoms with van der Waals surface area (Å²) < 4.78 is 12.7. The number of fused-ring (bicyclic) bond motifs is 1. The average Bonchev–Trinajstić information content (AvgIpc) is 2.92. The van der Waals surface area contributed by atoms with Gasteiger partial charge in [-0.25, -0.2) is 9.97 Å². The van der Waals surface area contributed by atoms with E-state index in [1.165, 1.54) is 0 Å². The van der Waals surface area contributed by atoms with Gasteiger partial charge in [-0.1, -0.05) is 0 Å². The van der Waals surface area contributed by atoms with E-state index in [1.54, 1.807) is 43.9 Å². The van der Waals surface area contributed by atoms with E-state index in [0.29, 0.717) is 22.8 Å². The molecule has 3 rings (SSSR count). The van der Waals surface area contributed by atoms with Crippen molar-refractivity contribution in [1.82, 2.24) is 14.4 Å². The third-order valence-corrected chi connectivity index (χ3v) is 3.22. The van der Waals surface area contributed by atoms with Gasteiger partial charge in [0, 0.05) is 18.0 Å². The third-order valence-electron chi connectivity index (χ3n) is 3.22. The molecular formula is C16H17N3O3. The summed E-state index contributed by atoms with van der Waals surface area (Å²) in [6.07, 6.45) is 5.11. The Balaban J connectivity index is 2.17. The van der Waals surface area contributed by atoms with Crippen LogP contribution in [-0.2, 0) is 0 Å². The fourth-order valence-corrected chi connectivity index (χ4v) is 2.25. The van der Waals surface area contributed by atoms with Crippen molar-refractivity contribution in [3.8, 4) is 28.6 Å². The normalized spacial score (nSPS) is 11.1. The molecule has 0 amide bonds. The second-order valence-corrected chi connectivity index (χ2v) is 5.12. The number of imidazole rings is 1. The summed E-state index contributed by atoms with van der Waals surface area (Å²) in [5.74, 6) is 1.28. The number of methoxy groups -OCH3 is 1. The van der Waals surface area contributed by atoms with Crippen LogP contribution in [0.2, 0.25) is 0 Å². The molecule has 2 heterocycles. The maximum atomic E-state index is 10.1. The van der Waals surface area contributed by atoms with Gasteiger partial charge in [0.25, 0.3) is 5.88 Å². The minimum atomic E-state index is 0.00377. The zero-order valence-electron chi connectivity index (χ0n) is 12.6. The zero-order chi connectivity index (χ0) is 15.7. The number of hydrogen-bond acceptors (Lipinski definition) is 5. The van der Waals surface area contributed by atoms with E-state index < -0.39 is 0 Å². The maximum Gasteiger partial charge on any atom is 0.258 e. The number of rotatable bonds is 4. The van der Waals surface area contributed by atoms with Crippen molar-refractivity contribution in [2.75, 3.05) is 7.11 Å². The molecule has 3 aromatic rings. The third kappa shape index (κ3) is 2.43. The quantitative estimate of drug-likeness (QED) is 0.802. The van der Waals surface area contributed by atoms with Gasteiger partial charge in [0.2, 0.25) is 5.65 Å². The first-order chi connectivity index (χ1) is 10.6. The lowest BCUT2D eigenvalue weighted by molar-refractivity contribution is 0.234. The summed E-state index contributed by atoms with van der Waals surface area (Å²) >= 11 is 0. The number of phenolic OH excluding ortho intramolecular Hbond substituents is 1. The van der Waals surface area contributed by atoms with Gasteiger partial charge in [-0.05, 0) is 32.0 Å². The Morgan fingerprint density at radius 1 is 1.23 bits per heavy atom. The Morgan fingerprint density at radius 2 is 2.05 bits per heavy atom. The second kappa shape index (κ2) is 5.55. The molecule has 0 aliphatic rings. The summed E-state index contributed by atoms with van der Waals surface area (Å²) in [5.41, 5.74) is 1.98. The summed E-state index contributed by atoms with van der Waals surface area (Å²) in [6.45, 7) is 3.87. The molecule has 1 aromatic carbocycles. The largest absolute Gasteiger partial charge is 0.507 e. The fourth-order valence-electron chi connectivity index (χ4n) is 2.25. The number of phenols is 1. The topological polar surface area (TPSA) is 68.9 Å². The Bertz CT molecular complexity index is 812. The lowest BCUT2D eigenvalue weighted by Gasteiger charge is -2.10. The molecule has 0 unspecified atom stereocenters. The molecule has 0 saturated heterocycles. The maximum absolute atomic E-state index is 10.1. The molecule has 6 heteroatoms. The molecule has 0 fully saturated rings. The van der Waals surface area contributed by atoms with E-state index in [-0.39, 0.29) is 11.9 Å². The van der Waals surface area contributed by atoms with Gasteiger partial charge in [0.05, 0.1) is 25.1 Å². The van der Waals surface area contributed by atoms with Crippen LogP contribution >= 0.6 is 0 Å². The van der Waals surface area contributed by atoms with Gasteiger partial charge in [-0.2, -0.15) is 0 Å². The van der Waals surface area contributed by atoms with Gasteiger partial charge in [0.15, 0.2) is 0 Å². The minimum Gasteiger partial charge on any atom is -0.507 e. The summed E-state index contributed by atoms with van der Waals surface area (Å²) in [7, 11) is 1.59. The van der Waals surface area contributed by atoms with Crippen LogP contribution in [0.5, 0.6) is 17.4 Å². The number of aromatic nitrogens is 3. The van der Waals surface area contributed by atoms with Crippen molar-refractivity contribution in [3.05, 3.63) is 36.8 Å². The van der Waals surface area contributed by atoms with Crippen molar-refractivity contribution in [1.29, 1.82) is 0 Å². The van der Waals surface area contributed by atoms with Gasteiger partial charge in [0.1, 0.15) is 11.5 Å². The molecule has 114 valence electrons. The Hall–Kier alpha value is -2.76. The monoisotopic (exact) mass is 299 g/mol. The average molecular weight is 299 g/mol. The lowest BCUT2D eigenvalue weighted by Crippen LogP contribution is -2.08. The van der Waals surface area contributed by atoms with E-state index >= 15 is 0 Å². The number of aromatic hydroxyl groups is 1. The molecule has 22 heavy (non-hydrogen) atoms. The van der Waals surface area contributed by atoms with Crippen LogP contribution in [0.1, 0.15) is 13.8 Å². The molecule has 0 aliphatic heterocycles. The van der Waals surface area contributed by atoms with E-state index in [0.717, 1.165) is 5.69 Å². The number of benzene rings is 1. The van der Waals surface area contributed by atoms with Gasteiger partial charge in [-0.3, -0.25) is 4.40 Å². The molecule has 0 bridgehead atoms. The van der Waals surface area contributed by atoms with E-state index in [9.17, 15) is 5.11 Å². The highest BCUT2D eigenvalue weighted by molar-refractivity contribution is 5.72. The summed E-state index contributed by atoms with van der Waals surface area (Å²) in [6, 6.07) is 5.07. The Morgan fingerprint density at radius 3 is 2.77 bits per heavy atom. The summed E-state index contributed by atoms with van der Waals surface area (Å²) in [4.78, 5) is 8.59. The molecule has 0 atom stereocenters. The zero-order valence-corrected chi connectivity index (χ0v) is 12.6. The molecule has 0 aliphatic carbocycles. The highest BCUT2D eigenvalue weighted by Gasteiger charge is 2.15. The summed E-state index contributed by atoms with van der Waals surface area (Å²) in [5, 5.41) is 10.1. The van der Waals surface area contributed by atoms with Crippen LogP contribution in [-0.4, -0.2) is 32.7 Å². The second-order valence-electron chi connectivity index (χ2n) is 5.12. The van der Waals surface area contributed by atoms with Gasteiger partial charge in [-0.15, -0.1) is 0 Å². The fraction of sp³-hybridized carbons (Fsp3) is 0.250. The predicted octanol–water partition coefficient (Wildman–Crippen LogP) is 2.90. The highest BCUT2D eigenvalue weighted by Crippen LogP contribution is 2.33. The Kier molecular flexibility index (Phi) is 3.58. The van der Waals surface area contributed by atoms with E-state index in [2.05, 4.69) is 9.97 Å². The minimum absolute atomic E-state index is 0.00377. The smallest absolute Gasteiger partial charge is 0.258 e. The van der Waals surface area contributed by atoms with Crippen LogP contribution in [0.15, 0.2) is 36.8 Å². The van der Waals surface area contributed by atoms with Crippen LogP contribution < -0.4 is 9.47 Å². The van der Waals surface area contributed by atoms with Gasteiger partial charge >= 0.3 is 0 Å². The van der Waals surface area contributed by atoms with Crippen molar-refractivity contribution >= 4 is 5.65 Å². The number of ether oxygens (including phenoxy) is 2. The number of hydrogen-bond donors (Lipinski definition) is 1. The van der Waals surface area contributed by atoms with Gasteiger partial charge < -0.3 is 14.6 Å². The first kappa shape index (κ1) is 14.2. The predicted molar refractivity (Wildman–Crippen MR) is 82.4 cm³/mol. The molecule has 1 N–H and O–H groups in total. The lowest BCUT2D eigenvalue weighted by atomic mass is 10.1. The first-order valence-corrected chi connectivity index (χ1v) is 6.96. The SMILES string of the molecule is COc1ccc(O)c(-c2cnc3c(OC(C)C)nccn23)c1.